The Morgan fingerprint density at radius 1 is 1.15 bits per heavy atom. The monoisotopic (exact) mass is 286 g/mol. The summed E-state index contributed by atoms with van der Waals surface area (Å²) in [5.74, 6) is 3.04. The van der Waals surface area contributed by atoms with E-state index < -0.39 is 0 Å². The second-order valence-electron chi connectivity index (χ2n) is 7.25. The maximum absolute atomic E-state index is 8.87. The lowest BCUT2D eigenvalue weighted by Crippen LogP contribution is -2.58. The largest absolute Gasteiger partial charge is 0.311 e. The minimum atomic E-state index is 0.476. The lowest BCUT2D eigenvalue weighted by Gasteiger charge is -2.57. The van der Waals surface area contributed by atoms with E-state index in [9.17, 15) is 0 Å². The number of hydrogen-bond acceptors (Lipinski definition) is 3. The van der Waals surface area contributed by atoms with Crippen molar-refractivity contribution in [2.45, 2.75) is 50.5 Å². The van der Waals surface area contributed by atoms with Crippen molar-refractivity contribution in [2.75, 3.05) is 6.54 Å². The molecule has 1 N–H and O–H groups in total. The topological polar surface area (TPSA) is 35.8 Å². The molecule has 0 radical (unpaired) electrons. The second kappa shape index (κ2) is 4.86. The molecule has 106 valence electrons. The normalized spacial score (nSPS) is 38.0. The summed E-state index contributed by atoms with van der Waals surface area (Å²) in [6, 6.07) is 6.30. The van der Waals surface area contributed by atoms with E-state index in [1.807, 2.05) is 6.07 Å². The lowest BCUT2D eigenvalue weighted by molar-refractivity contribution is -0.0192. The van der Waals surface area contributed by atoms with Crippen LogP contribution in [-0.2, 0) is 6.42 Å². The first-order valence-electron chi connectivity index (χ1n) is 7.98. The summed E-state index contributed by atoms with van der Waals surface area (Å²) in [6.45, 7) is 1.08. The zero-order chi connectivity index (χ0) is 13.6. The van der Waals surface area contributed by atoms with Crippen LogP contribution in [0.4, 0.5) is 0 Å². The van der Waals surface area contributed by atoms with Crippen molar-refractivity contribution in [1.82, 2.24) is 5.32 Å². The van der Waals surface area contributed by atoms with Gasteiger partial charge in [-0.05, 0) is 74.8 Å². The van der Waals surface area contributed by atoms with E-state index in [1.54, 1.807) is 11.3 Å². The van der Waals surface area contributed by atoms with Crippen LogP contribution in [-0.4, -0.2) is 12.1 Å². The van der Waals surface area contributed by atoms with Crippen molar-refractivity contribution in [1.29, 1.82) is 5.26 Å². The summed E-state index contributed by atoms with van der Waals surface area (Å²) in [5.41, 5.74) is 0.476. The first kappa shape index (κ1) is 12.9. The highest BCUT2D eigenvalue weighted by atomic mass is 32.1. The van der Waals surface area contributed by atoms with Gasteiger partial charge in [-0.15, -0.1) is 11.3 Å². The molecule has 4 fully saturated rings. The van der Waals surface area contributed by atoms with E-state index in [2.05, 4.69) is 17.5 Å². The maximum Gasteiger partial charge on any atom is 0.110 e. The highest BCUT2D eigenvalue weighted by Crippen LogP contribution is 2.55. The van der Waals surface area contributed by atoms with Crippen molar-refractivity contribution >= 4 is 11.3 Å². The van der Waals surface area contributed by atoms with Gasteiger partial charge in [0.05, 0.1) is 0 Å². The number of hydrogen-bond donors (Lipinski definition) is 1. The van der Waals surface area contributed by atoms with E-state index in [4.69, 9.17) is 5.26 Å². The van der Waals surface area contributed by atoms with Crippen LogP contribution in [0.15, 0.2) is 12.1 Å². The smallest absolute Gasteiger partial charge is 0.110 e. The zero-order valence-corrected chi connectivity index (χ0v) is 12.7. The van der Waals surface area contributed by atoms with Crippen LogP contribution in [0.5, 0.6) is 0 Å². The Balaban J connectivity index is 1.36. The first-order valence-corrected chi connectivity index (χ1v) is 8.80. The van der Waals surface area contributed by atoms with Crippen molar-refractivity contribution < 1.29 is 0 Å². The average Bonchev–Trinajstić information content (AvgIpc) is 2.85. The molecular formula is C17H22N2S. The quantitative estimate of drug-likeness (QED) is 0.915. The minimum absolute atomic E-state index is 0.476. The molecule has 1 aromatic heterocycles. The first-order chi connectivity index (χ1) is 9.75. The fourth-order valence-corrected chi connectivity index (χ4v) is 6.15. The van der Waals surface area contributed by atoms with Crippen LogP contribution in [0.3, 0.4) is 0 Å². The third-order valence-corrected chi connectivity index (χ3v) is 6.73. The van der Waals surface area contributed by atoms with Crippen molar-refractivity contribution in [3.63, 3.8) is 0 Å². The van der Waals surface area contributed by atoms with Gasteiger partial charge in [-0.1, -0.05) is 0 Å². The fraction of sp³-hybridized carbons (Fsp3) is 0.706. The van der Waals surface area contributed by atoms with Gasteiger partial charge in [-0.2, -0.15) is 5.26 Å². The van der Waals surface area contributed by atoms with Crippen LogP contribution in [0, 0.1) is 29.1 Å². The van der Waals surface area contributed by atoms with E-state index in [0.717, 1.165) is 35.6 Å². The predicted molar refractivity (Wildman–Crippen MR) is 81.6 cm³/mol. The molecule has 1 aromatic rings. The van der Waals surface area contributed by atoms with Gasteiger partial charge >= 0.3 is 0 Å². The average molecular weight is 286 g/mol. The van der Waals surface area contributed by atoms with E-state index >= 15 is 0 Å². The van der Waals surface area contributed by atoms with Crippen molar-refractivity contribution in [3.05, 3.63) is 21.9 Å². The van der Waals surface area contributed by atoms with Gasteiger partial charge in [0, 0.05) is 17.0 Å². The van der Waals surface area contributed by atoms with Crippen LogP contribution < -0.4 is 5.32 Å². The molecule has 0 spiro atoms. The van der Waals surface area contributed by atoms with E-state index in [0.29, 0.717) is 5.54 Å². The Hall–Kier alpha value is -0.850. The maximum atomic E-state index is 8.87. The molecule has 4 bridgehead atoms. The number of nitrogens with one attached hydrogen (secondary N) is 1. The van der Waals surface area contributed by atoms with Gasteiger partial charge in [0.2, 0.25) is 0 Å². The van der Waals surface area contributed by atoms with Gasteiger partial charge < -0.3 is 5.32 Å². The molecule has 0 saturated heterocycles. The van der Waals surface area contributed by atoms with Crippen LogP contribution >= 0.6 is 11.3 Å². The zero-order valence-electron chi connectivity index (χ0n) is 11.9. The Morgan fingerprint density at radius 2 is 1.80 bits per heavy atom. The molecule has 4 aliphatic rings. The number of nitrogens with zero attached hydrogens (tertiary/aromatic N) is 1. The number of thiophene rings is 1. The molecule has 20 heavy (non-hydrogen) atoms. The third kappa shape index (κ3) is 2.29. The molecule has 3 heteroatoms. The van der Waals surface area contributed by atoms with E-state index in [-0.39, 0.29) is 0 Å². The SMILES string of the molecule is N#Cc1ccc(CCNC23CC4CC(CC(C4)C2)C3)s1. The molecule has 4 saturated carbocycles. The van der Waals surface area contributed by atoms with Gasteiger partial charge in [-0.3, -0.25) is 0 Å². The number of rotatable bonds is 4. The molecule has 1 heterocycles. The standard InChI is InChI=1S/C17H22N2S/c18-11-16-2-1-15(20-16)3-4-19-17-8-12-5-13(9-17)7-14(6-12)10-17/h1-2,12-14,19H,3-10H2. The molecule has 0 aromatic carbocycles. The third-order valence-electron chi connectivity index (χ3n) is 5.68. The predicted octanol–water partition coefficient (Wildman–Crippen LogP) is 3.72. The molecular weight excluding hydrogens is 264 g/mol. The summed E-state index contributed by atoms with van der Waals surface area (Å²) in [6.07, 6.45) is 9.88. The molecule has 0 aliphatic heterocycles. The van der Waals surface area contributed by atoms with Crippen LogP contribution in [0.2, 0.25) is 0 Å². The summed E-state index contributed by atoms with van der Waals surface area (Å²) in [4.78, 5) is 2.19. The van der Waals surface area contributed by atoms with Gasteiger partial charge in [0.25, 0.3) is 0 Å². The van der Waals surface area contributed by atoms with Crippen molar-refractivity contribution in [3.8, 4) is 6.07 Å². The van der Waals surface area contributed by atoms with E-state index in [1.165, 1.54) is 43.4 Å². The Bertz CT molecular complexity index is 504. The minimum Gasteiger partial charge on any atom is -0.311 e. The summed E-state index contributed by atoms with van der Waals surface area (Å²) < 4.78 is 0. The van der Waals surface area contributed by atoms with Gasteiger partial charge in [0.1, 0.15) is 10.9 Å². The molecule has 0 atom stereocenters. The van der Waals surface area contributed by atoms with Crippen LogP contribution in [0.25, 0.3) is 0 Å². The summed E-state index contributed by atoms with van der Waals surface area (Å²) in [5, 5.41) is 12.8. The molecule has 2 nitrogen and oxygen atoms in total. The Morgan fingerprint density at radius 3 is 2.35 bits per heavy atom. The molecule has 5 rings (SSSR count). The summed E-state index contributed by atoms with van der Waals surface area (Å²) >= 11 is 1.65. The molecule has 4 aliphatic carbocycles. The highest BCUT2D eigenvalue weighted by molar-refractivity contribution is 7.12. The van der Waals surface area contributed by atoms with Crippen LogP contribution in [0.1, 0.15) is 48.3 Å². The summed E-state index contributed by atoms with van der Waals surface area (Å²) in [7, 11) is 0. The highest BCUT2D eigenvalue weighted by Gasteiger charge is 2.50. The Labute approximate surface area is 125 Å². The Kier molecular flexibility index (Phi) is 3.12. The fourth-order valence-electron chi connectivity index (χ4n) is 5.35. The second-order valence-corrected chi connectivity index (χ2v) is 8.42. The van der Waals surface area contributed by atoms with Gasteiger partial charge in [0.15, 0.2) is 0 Å². The molecule has 0 amide bonds. The van der Waals surface area contributed by atoms with Gasteiger partial charge in [-0.25, -0.2) is 0 Å². The number of nitriles is 1. The lowest BCUT2D eigenvalue weighted by atomic mass is 9.53. The molecule has 0 unspecified atom stereocenters. The van der Waals surface area contributed by atoms with Crippen molar-refractivity contribution in [2.24, 2.45) is 17.8 Å².